The van der Waals surface area contributed by atoms with Crippen molar-refractivity contribution in [2.75, 3.05) is 18.4 Å². The number of carbonyl (C=O) groups excluding carboxylic acids is 3. The van der Waals surface area contributed by atoms with Crippen molar-refractivity contribution in [3.63, 3.8) is 0 Å². The second kappa shape index (κ2) is 5.79. The number of hydrogen-bond donors (Lipinski definition) is 3. The summed E-state index contributed by atoms with van der Waals surface area (Å²) >= 11 is 1.15. The maximum absolute atomic E-state index is 11.7. The molecular weight excluding hydrogens is 268 g/mol. The molecule has 1 aromatic rings. The van der Waals surface area contributed by atoms with Gasteiger partial charge in [-0.05, 0) is 12.8 Å². The minimum absolute atomic E-state index is 0.105. The van der Waals surface area contributed by atoms with E-state index in [9.17, 15) is 14.4 Å². The van der Waals surface area contributed by atoms with Crippen LogP contribution in [0, 0.1) is 0 Å². The number of aryl methyl sites for hydroxylation is 1. The van der Waals surface area contributed by atoms with Crippen molar-refractivity contribution in [3.8, 4) is 0 Å². The summed E-state index contributed by atoms with van der Waals surface area (Å²) in [6.07, 6.45) is 1.55. The van der Waals surface area contributed by atoms with Gasteiger partial charge < -0.3 is 16.0 Å². The Morgan fingerprint density at radius 3 is 3.00 bits per heavy atom. The monoisotopic (exact) mass is 282 g/mol. The van der Waals surface area contributed by atoms with E-state index in [0.29, 0.717) is 23.0 Å². The Kier molecular flexibility index (Phi) is 4.10. The van der Waals surface area contributed by atoms with E-state index in [1.54, 1.807) is 0 Å². The van der Waals surface area contributed by atoms with Crippen molar-refractivity contribution in [3.05, 3.63) is 10.6 Å². The summed E-state index contributed by atoms with van der Waals surface area (Å²) in [7, 11) is 0. The lowest BCUT2D eigenvalue weighted by molar-refractivity contribution is -0.122. The first-order valence-corrected chi connectivity index (χ1v) is 6.70. The maximum Gasteiger partial charge on any atom is 0.263 e. The summed E-state index contributed by atoms with van der Waals surface area (Å²) in [5.41, 5.74) is 0.717. The van der Waals surface area contributed by atoms with Gasteiger partial charge in [-0.3, -0.25) is 14.4 Å². The first kappa shape index (κ1) is 13.5. The zero-order valence-corrected chi connectivity index (χ0v) is 11.2. The summed E-state index contributed by atoms with van der Waals surface area (Å²) in [5.74, 6) is -0.781. The SMILES string of the molecule is CC(=O)NCC(=O)Nc1nc2c(s1)C(=O)NCCC2. The van der Waals surface area contributed by atoms with E-state index >= 15 is 0 Å². The number of nitrogens with zero attached hydrogens (tertiary/aromatic N) is 1. The van der Waals surface area contributed by atoms with E-state index in [1.807, 2.05) is 0 Å². The maximum atomic E-state index is 11.7. The number of nitrogens with one attached hydrogen (secondary N) is 3. The van der Waals surface area contributed by atoms with Gasteiger partial charge in [0.15, 0.2) is 5.13 Å². The van der Waals surface area contributed by atoms with E-state index in [4.69, 9.17) is 0 Å². The number of anilines is 1. The van der Waals surface area contributed by atoms with Crippen LogP contribution in [0.25, 0.3) is 0 Å². The van der Waals surface area contributed by atoms with Crippen LogP contribution in [0.5, 0.6) is 0 Å². The molecule has 2 heterocycles. The molecule has 19 heavy (non-hydrogen) atoms. The van der Waals surface area contributed by atoms with Crippen LogP contribution >= 0.6 is 11.3 Å². The topological polar surface area (TPSA) is 100 Å². The van der Waals surface area contributed by atoms with Crippen LogP contribution < -0.4 is 16.0 Å². The van der Waals surface area contributed by atoms with Crippen molar-refractivity contribution in [1.29, 1.82) is 0 Å². The average molecular weight is 282 g/mol. The average Bonchev–Trinajstić information content (AvgIpc) is 2.67. The van der Waals surface area contributed by atoms with E-state index in [0.717, 1.165) is 23.5 Å². The lowest BCUT2D eigenvalue weighted by atomic mass is 10.2. The number of aromatic nitrogens is 1. The molecule has 1 aliphatic heterocycles. The molecule has 3 N–H and O–H groups in total. The fourth-order valence-electron chi connectivity index (χ4n) is 1.66. The van der Waals surface area contributed by atoms with Gasteiger partial charge in [0.05, 0.1) is 12.2 Å². The Labute approximate surface area is 113 Å². The van der Waals surface area contributed by atoms with Crippen molar-refractivity contribution in [2.45, 2.75) is 19.8 Å². The molecule has 0 fully saturated rings. The highest BCUT2D eigenvalue weighted by molar-refractivity contribution is 7.17. The molecule has 2 rings (SSSR count). The second-order valence-electron chi connectivity index (χ2n) is 4.11. The van der Waals surface area contributed by atoms with E-state index in [2.05, 4.69) is 20.9 Å². The van der Waals surface area contributed by atoms with Crippen LogP contribution in [0.2, 0.25) is 0 Å². The van der Waals surface area contributed by atoms with Crippen LogP contribution in [0.1, 0.15) is 28.7 Å². The predicted octanol–water partition coefficient (Wildman–Crippen LogP) is -0.106. The lowest BCUT2D eigenvalue weighted by Gasteiger charge is -2.02. The fraction of sp³-hybridized carbons (Fsp3) is 0.455. The van der Waals surface area contributed by atoms with Crippen molar-refractivity contribution in [1.82, 2.24) is 15.6 Å². The summed E-state index contributed by atoms with van der Waals surface area (Å²) in [6.45, 7) is 1.88. The third kappa shape index (κ3) is 3.50. The van der Waals surface area contributed by atoms with Crippen LogP contribution in [0.4, 0.5) is 5.13 Å². The molecule has 3 amide bonds. The summed E-state index contributed by atoms with van der Waals surface area (Å²) in [5, 5.41) is 8.12. The van der Waals surface area contributed by atoms with Crippen LogP contribution in [0.15, 0.2) is 0 Å². The Hall–Kier alpha value is -1.96. The van der Waals surface area contributed by atoms with Crippen LogP contribution in [-0.4, -0.2) is 35.8 Å². The molecule has 1 aliphatic rings. The third-order valence-corrected chi connectivity index (χ3v) is 3.54. The number of rotatable bonds is 3. The number of hydrogen-bond acceptors (Lipinski definition) is 5. The molecule has 1 aromatic heterocycles. The van der Waals surface area contributed by atoms with Gasteiger partial charge in [0, 0.05) is 13.5 Å². The van der Waals surface area contributed by atoms with Gasteiger partial charge in [0.1, 0.15) is 4.88 Å². The van der Waals surface area contributed by atoms with Gasteiger partial charge in [-0.25, -0.2) is 4.98 Å². The largest absolute Gasteiger partial charge is 0.351 e. The van der Waals surface area contributed by atoms with Crippen molar-refractivity contribution < 1.29 is 14.4 Å². The predicted molar refractivity (Wildman–Crippen MR) is 70.1 cm³/mol. The Morgan fingerprint density at radius 2 is 2.26 bits per heavy atom. The van der Waals surface area contributed by atoms with E-state index in [-0.39, 0.29) is 24.3 Å². The smallest absolute Gasteiger partial charge is 0.263 e. The molecule has 0 unspecified atom stereocenters. The summed E-state index contributed by atoms with van der Waals surface area (Å²) in [4.78, 5) is 38.7. The quantitative estimate of drug-likeness (QED) is 0.720. The second-order valence-corrected chi connectivity index (χ2v) is 5.11. The summed E-state index contributed by atoms with van der Waals surface area (Å²) < 4.78 is 0. The normalized spacial score (nSPS) is 14.1. The van der Waals surface area contributed by atoms with E-state index < -0.39 is 0 Å². The Bertz CT molecular complexity index is 526. The molecule has 0 aromatic carbocycles. The molecule has 102 valence electrons. The van der Waals surface area contributed by atoms with Gasteiger partial charge in [-0.2, -0.15) is 0 Å². The van der Waals surface area contributed by atoms with Gasteiger partial charge in [0.25, 0.3) is 5.91 Å². The van der Waals surface area contributed by atoms with Crippen molar-refractivity contribution in [2.24, 2.45) is 0 Å². The first-order chi connectivity index (χ1) is 9.06. The van der Waals surface area contributed by atoms with Gasteiger partial charge in [-0.15, -0.1) is 0 Å². The van der Waals surface area contributed by atoms with Gasteiger partial charge >= 0.3 is 0 Å². The van der Waals surface area contributed by atoms with Gasteiger partial charge in [0.2, 0.25) is 11.8 Å². The minimum Gasteiger partial charge on any atom is -0.351 e. The number of carbonyl (C=O) groups is 3. The Balaban J connectivity index is 2.02. The highest BCUT2D eigenvalue weighted by Crippen LogP contribution is 2.25. The molecule has 0 saturated heterocycles. The fourth-order valence-corrected chi connectivity index (χ4v) is 2.60. The van der Waals surface area contributed by atoms with Crippen LogP contribution in [-0.2, 0) is 16.0 Å². The minimum atomic E-state index is -0.362. The molecule has 7 nitrogen and oxygen atoms in total. The molecule has 0 atom stereocenters. The van der Waals surface area contributed by atoms with Crippen molar-refractivity contribution >= 4 is 34.2 Å². The van der Waals surface area contributed by atoms with Crippen LogP contribution in [0.3, 0.4) is 0 Å². The number of thiazole rings is 1. The third-order valence-electron chi connectivity index (χ3n) is 2.52. The number of fused-ring (bicyclic) bond motifs is 1. The highest BCUT2D eigenvalue weighted by Gasteiger charge is 2.21. The molecule has 0 radical (unpaired) electrons. The standard InChI is InChI=1S/C11H14N4O3S/c1-6(16)13-5-8(17)15-11-14-7-3-2-4-12-10(18)9(7)19-11/h2-5H2,1H3,(H,12,18)(H,13,16)(H,14,15,17). The molecule has 0 aliphatic carbocycles. The van der Waals surface area contributed by atoms with Gasteiger partial charge in [-0.1, -0.05) is 11.3 Å². The molecular formula is C11H14N4O3S. The molecule has 8 heteroatoms. The summed E-state index contributed by atoms with van der Waals surface area (Å²) in [6, 6.07) is 0. The lowest BCUT2D eigenvalue weighted by Crippen LogP contribution is -2.31. The first-order valence-electron chi connectivity index (χ1n) is 5.88. The molecule has 0 saturated carbocycles. The highest BCUT2D eigenvalue weighted by atomic mass is 32.1. The Morgan fingerprint density at radius 1 is 1.47 bits per heavy atom. The zero-order chi connectivity index (χ0) is 13.8. The molecule has 0 spiro atoms. The molecule has 0 bridgehead atoms. The van der Waals surface area contributed by atoms with E-state index in [1.165, 1.54) is 6.92 Å². The zero-order valence-electron chi connectivity index (χ0n) is 10.4. The number of amides is 3.